The monoisotopic (exact) mass is 314 g/mol. The van der Waals surface area contributed by atoms with Crippen molar-refractivity contribution in [2.45, 2.75) is 25.9 Å². The topological polar surface area (TPSA) is 55.6 Å². The first-order valence-electron chi connectivity index (χ1n) is 7.64. The van der Waals surface area contributed by atoms with Gasteiger partial charge >= 0.3 is 0 Å². The fraction of sp³-hybridized carbons (Fsp3) is 0.278. The average molecular weight is 314 g/mol. The number of hydrogen-bond acceptors (Lipinski definition) is 3. The number of benzene rings is 2. The van der Waals surface area contributed by atoms with Crippen molar-refractivity contribution >= 4 is 17.3 Å². The zero-order valence-corrected chi connectivity index (χ0v) is 13.0. The van der Waals surface area contributed by atoms with E-state index in [2.05, 4.69) is 0 Å². The molecular weight excluding hydrogens is 295 g/mol. The van der Waals surface area contributed by atoms with E-state index in [4.69, 9.17) is 10.5 Å². The Morgan fingerprint density at radius 3 is 2.91 bits per heavy atom. The number of hydrogen-bond donors (Lipinski definition) is 1. The Morgan fingerprint density at radius 1 is 1.35 bits per heavy atom. The molecule has 1 atom stereocenters. The second-order valence-electron chi connectivity index (χ2n) is 5.74. The molecule has 0 bridgehead atoms. The van der Waals surface area contributed by atoms with Gasteiger partial charge in [-0.25, -0.2) is 4.39 Å². The number of carbonyl (C=O) groups excluding carboxylic acids is 1. The van der Waals surface area contributed by atoms with Crippen LogP contribution in [0, 0.1) is 5.82 Å². The SMILES string of the molecule is CC1CN(C(=O)CCc2ccccc2N)c2ccc(F)cc2O1. The van der Waals surface area contributed by atoms with Crippen molar-refractivity contribution in [3.8, 4) is 5.75 Å². The number of nitrogen functional groups attached to an aromatic ring is 1. The van der Waals surface area contributed by atoms with Gasteiger partial charge in [0.25, 0.3) is 0 Å². The van der Waals surface area contributed by atoms with Gasteiger partial charge in [0.1, 0.15) is 17.7 Å². The molecule has 0 aliphatic carbocycles. The van der Waals surface area contributed by atoms with E-state index >= 15 is 0 Å². The summed E-state index contributed by atoms with van der Waals surface area (Å²) in [7, 11) is 0. The number of halogens is 1. The number of rotatable bonds is 3. The summed E-state index contributed by atoms with van der Waals surface area (Å²) in [6.45, 7) is 2.32. The largest absolute Gasteiger partial charge is 0.487 e. The number of nitrogens with zero attached hydrogens (tertiary/aromatic N) is 1. The molecule has 3 rings (SSSR count). The minimum atomic E-state index is -0.373. The molecule has 1 heterocycles. The molecule has 0 aromatic heterocycles. The van der Waals surface area contributed by atoms with Gasteiger partial charge in [0.05, 0.1) is 12.2 Å². The van der Waals surface area contributed by atoms with Gasteiger partial charge in [-0.3, -0.25) is 4.79 Å². The third-order valence-corrected chi connectivity index (χ3v) is 3.94. The fourth-order valence-corrected chi connectivity index (χ4v) is 2.79. The van der Waals surface area contributed by atoms with Gasteiger partial charge in [-0.05, 0) is 37.1 Å². The lowest BCUT2D eigenvalue weighted by Crippen LogP contribution is -2.42. The highest BCUT2D eigenvalue weighted by molar-refractivity contribution is 5.95. The van der Waals surface area contributed by atoms with E-state index in [-0.39, 0.29) is 17.8 Å². The lowest BCUT2D eigenvalue weighted by atomic mass is 10.1. The minimum Gasteiger partial charge on any atom is -0.487 e. The third kappa shape index (κ3) is 3.28. The van der Waals surface area contributed by atoms with Crippen molar-refractivity contribution in [3.63, 3.8) is 0 Å². The third-order valence-electron chi connectivity index (χ3n) is 3.94. The summed E-state index contributed by atoms with van der Waals surface area (Å²) in [4.78, 5) is 14.3. The summed E-state index contributed by atoms with van der Waals surface area (Å²) >= 11 is 0. The quantitative estimate of drug-likeness (QED) is 0.886. The van der Waals surface area contributed by atoms with E-state index in [1.807, 2.05) is 31.2 Å². The molecule has 2 aromatic rings. The van der Waals surface area contributed by atoms with Gasteiger partial charge in [-0.2, -0.15) is 0 Å². The normalized spacial score (nSPS) is 16.6. The highest BCUT2D eigenvalue weighted by atomic mass is 19.1. The van der Waals surface area contributed by atoms with Gasteiger partial charge in [0.15, 0.2) is 0 Å². The van der Waals surface area contributed by atoms with E-state index < -0.39 is 0 Å². The maximum Gasteiger partial charge on any atom is 0.227 e. The standard InChI is InChI=1S/C18H19FN2O2/c1-12-11-21(16-8-7-14(19)10-17(16)23-12)18(22)9-6-13-4-2-3-5-15(13)20/h2-5,7-8,10,12H,6,9,11,20H2,1H3. The molecule has 0 saturated carbocycles. The fourth-order valence-electron chi connectivity index (χ4n) is 2.79. The van der Waals surface area contributed by atoms with Crippen LogP contribution in [0.3, 0.4) is 0 Å². The molecule has 1 unspecified atom stereocenters. The van der Waals surface area contributed by atoms with Crippen LogP contribution >= 0.6 is 0 Å². The number of ether oxygens (including phenoxy) is 1. The summed E-state index contributed by atoms with van der Waals surface area (Å²) < 4.78 is 19.0. The van der Waals surface area contributed by atoms with Crippen molar-refractivity contribution in [2.75, 3.05) is 17.2 Å². The second-order valence-corrected chi connectivity index (χ2v) is 5.74. The first kappa shape index (κ1) is 15.3. The first-order chi connectivity index (χ1) is 11.0. The Kier molecular flexibility index (Phi) is 4.19. The number of para-hydroxylation sites is 1. The number of amides is 1. The molecule has 2 aromatic carbocycles. The Hall–Kier alpha value is -2.56. The molecule has 0 saturated heterocycles. The number of nitrogens with two attached hydrogens (primary N) is 1. The molecule has 0 spiro atoms. The lowest BCUT2D eigenvalue weighted by Gasteiger charge is -2.33. The predicted molar refractivity (Wildman–Crippen MR) is 88.0 cm³/mol. The smallest absolute Gasteiger partial charge is 0.227 e. The van der Waals surface area contributed by atoms with Crippen molar-refractivity contribution in [2.24, 2.45) is 0 Å². The Labute approximate surface area is 134 Å². The molecular formula is C18H19FN2O2. The Bertz CT molecular complexity index is 733. The van der Waals surface area contributed by atoms with E-state index in [0.29, 0.717) is 36.5 Å². The Balaban J connectivity index is 1.76. The highest BCUT2D eigenvalue weighted by Gasteiger charge is 2.27. The average Bonchev–Trinajstić information content (AvgIpc) is 2.52. The van der Waals surface area contributed by atoms with Gasteiger partial charge in [-0.15, -0.1) is 0 Å². The number of carbonyl (C=O) groups is 1. The number of anilines is 2. The minimum absolute atomic E-state index is 0.0174. The van der Waals surface area contributed by atoms with Gasteiger partial charge in [0.2, 0.25) is 5.91 Å². The van der Waals surface area contributed by atoms with Crippen molar-refractivity contribution in [3.05, 3.63) is 53.8 Å². The van der Waals surface area contributed by atoms with Gasteiger partial charge in [0, 0.05) is 18.2 Å². The maximum atomic E-state index is 13.4. The summed E-state index contributed by atoms with van der Waals surface area (Å²) in [5, 5.41) is 0. The molecule has 5 heteroatoms. The van der Waals surface area contributed by atoms with Crippen LogP contribution in [-0.4, -0.2) is 18.6 Å². The first-order valence-corrected chi connectivity index (χ1v) is 7.64. The number of aryl methyl sites for hydroxylation is 1. The van der Waals surface area contributed by atoms with Crippen molar-refractivity contribution in [1.82, 2.24) is 0 Å². The van der Waals surface area contributed by atoms with Gasteiger partial charge in [-0.1, -0.05) is 18.2 Å². The predicted octanol–water partition coefficient (Wildman–Crippen LogP) is 3.15. The molecule has 23 heavy (non-hydrogen) atoms. The molecule has 1 aliphatic rings. The summed E-state index contributed by atoms with van der Waals surface area (Å²) in [5.41, 5.74) is 8.19. The summed E-state index contributed by atoms with van der Waals surface area (Å²) in [6, 6.07) is 11.8. The second kappa shape index (κ2) is 6.28. The molecule has 1 amide bonds. The van der Waals surface area contributed by atoms with E-state index in [1.165, 1.54) is 12.1 Å². The van der Waals surface area contributed by atoms with Crippen LogP contribution in [-0.2, 0) is 11.2 Å². The van der Waals surface area contributed by atoms with Crippen LogP contribution in [0.25, 0.3) is 0 Å². The van der Waals surface area contributed by atoms with Crippen LogP contribution in [0.15, 0.2) is 42.5 Å². The van der Waals surface area contributed by atoms with E-state index in [0.717, 1.165) is 5.56 Å². The van der Waals surface area contributed by atoms with Gasteiger partial charge < -0.3 is 15.4 Å². The highest BCUT2D eigenvalue weighted by Crippen LogP contribution is 2.34. The molecule has 0 fully saturated rings. The molecule has 4 nitrogen and oxygen atoms in total. The zero-order chi connectivity index (χ0) is 16.4. The zero-order valence-electron chi connectivity index (χ0n) is 13.0. The van der Waals surface area contributed by atoms with Crippen LogP contribution in [0.2, 0.25) is 0 Å². The van der Waals surface area contributed by atoms with Crippen LogP contribution in [0.5, 0.6) is 5.75 Å². The van der Waals surface area contributed by atoms with E-state index in [9.17, 15) is 9.18 Å². The molecule has 0 radical (unpaired) electrons. The lowest BCUT2D eigenvalue weighted by molar-refractivity contribution is -0.119. The van der Waals surface area contributed by atoms with Crippen LogP contribution in [0.1, 0.15) is 18.9 Å². The van der Waals surface area contributed by atoms with Crippen molar-refractivity contribution in [1.29, 1.82) is 0 Å². The Morgan fingerprint density at radius 2 is 2.13 bits per heavy atom. The molecule has 2 N–H and O–H groups in total. The molecule has 1 aliphatic heterocycles. The van der Waals surface area contributed by atoms with Crippen LogP contribution in [0.4, 0.5) is 15.8 Å². The maximum absolute atomic E-state index is 13.4. The van der Waals surface area contributed by atoms with E-state index in [1.54, 1.807) is 11.0 Å². The number of fused-ring (bicyclic) bond motifs is 1. The van der Waals surface area contributed by atoms with Crippen molar-refractivity contribution < 1.29 is 13.9 Å². The summed E-state index contributed by atoms with van der Waals surface area (Å²) in [6.07, 6.45) is 0.751. The van der Waals surface area contributed by atoms with Crippen LogP contribution < -0.4 is 15.4 Å². The summed E-state index contributed by atoms with van der Waals surface area (Å²) in [5.74, 6) is 0.0231. The molecule has 120 valence electrons.